The minimum atomic E-state index is -0.379. The van der Waals surface area contributed by atoms with E-state index < -0.39 is 0 Å². The SMILES string of the molecule is CCOc1ccccc1N1CC(C(=O)Nc2ccc(N3CCCC3)cc2)CC1=O. The molecule has 0 aliphatic carbocycles. The summed E-state index contributed by atoms with van der Waals surface area (Å²) < 4.78 is 5.64. The van der Waals surface area contributed by atoms with Crippen LogP contribution >= 0.6 is 0 Å². The van der Waals surface area contributed by atoms with Gasteiger partial charge in [-0.15, -0.1) is 0 Å². The van der Waals surface area contributed by atoms with E-state index in [-0.39, 0.29) is 24.2 Å². The van der Waals surface area contributed by atoms with Gasteiger partial charge in [0.2, 0.25) is 11.8 Å². The molecule has 1 atom stereocenters. The van der Waals surface area contributed by atoms with E-state index >= 15 is 0 Å². The lowest BCUT2D eigenvalue weighted by Crippen LogP contribution is -2.28. The predicted octanol–water partition coefficient (Wildman–Crippen LogP) is 3.68. The third-order valence-corrected chi connectivity index (χ3v) is 5.56. The number of carbonyl (C=O) groups excluding carboxylic acids is 2. The predicted molar refractivity (Wildman–Crippen MR) is 115 cm³/mol. The molecule has 1 N–H and O–H groups in total. The number of amides is 2. The molecule has 2 aliphatic rings. The van der Waals surface area contributed by atoms with Crippen LogP contribution in [-0.2, 0) is 9.59 Å². The zero-order valence-electron chi connectivity index (χ0n) is 16.8. The Morgan fingerprint density at radius 2 is 1.83 bits per heavy atom. The van der Waals surface area contributed by atoms with Crippen molar-refractivity contribution in [3.63, 3.8) is 0 Å². The summed E-state index contributed by atoms with van der Waals surface area (Å²) in [4.78, 5) is 29.3. The molecule has 2 aromatic carbocycles. The van der Waals surface area contributed by atoms with Crippen LogP contribution in [0.1, 0.15) is 26.2 Å². The van der Waals surface area contributed by atoms with Crippen LogP contribution in [0.25, 0.3) is 0 Å². The number of carbonyl (C=O) groups is 2. The standard InChI is InChI=1S/C23H27N3O3/c1-2-29-21-8-4-3-7-20(21)26-16-17(15-22(26)27)23(28)24-18-9-11-19(12-10-18)25-13-5-6-14-25/h3-4,7-12,17H,2,5-6,13-16H2,1H3,(H,24,28). The Labute approximate surface area is 171 Å². The van der Waals surface area contributed by atoms with Gasteiger partial charge in [0.1, 0.15) is 5.75 Å². The maximum Gasteiger partial charge on any atom is 0.229 e. The van der Waals surface area contributed by atoms with Crippen LogP contribution in [0.4, 0.5) is 17.1 Å². The van der Waals surface area contributed by atoms with Crippen molar-refractivity contribution in [2.45, 2.75) is 26.2 Å². The molecule has 4 rings (SSSR count). The van der Waals surface area contributed by atoms with Crippen LogP contribution in [0.3, 0.4) is 0 Å². The van der Waals surface area contributed by atoms with Crippen LogP contribution in [-0.4, -0.2) is 38.1 Å². The van der Waals surface area contributed by atoms with Gasteiger partial charge in [-0.1, -0.05) is 12.1 Å². The first-order valence-corrected chi connectivity index (χ1v) is 10.3. The summed E-state index contributed by atoms with van der Waals surface area (Å²) in [6.07, 6.45) is 2.67. The Hall–Kier alpha value is -3.02. The molecule has 6 nitrogen and oxygen atoms in total. The van der Waals surface area contributed by atoms with Gasteiger partial charge >= 0.3 is 0 Å². The molecule has 2 fully saturated rings. The Morgan fingerprint density at radius 1 is 1.10 bits per heavy atom. The molecule has 1 unspecified atom stereocenters. The van der Waals surface area contributed by atoms with E-state index in [4.69, 9.17) is 4.74 Å². The van der Waals surface area contributed by atoms with Crippen LogP contribution in [0, 0.1) is 5.92 Å². The van der Waals surface area contributed by atoms with Crippen molar-refractivity contribution >= 4 is 28.9 Å². The first-order chi connectivity index (χ1) is 14.2. The van der Waals surface area contributed by atoms with Gasteiger partial charge in [0.05, 0.1) is 18.2 Å². The lowest BCUT2D eigenvalue weighted by molar-refractivity contribution is -0.122. The summed E-state index contributed by atoms with van der Waals surface area (Å²) in [7, 11) is 0. The summed E-state index contributed by atoms with van der Waals surface area (Å²) in [5, 5.41) is 2.97. The number of nitrogens with one attached hydrogen (secondary N) is 1. The van der Waals surface area contributed by atoms with Crippen molar-refractivity contribution in [2.75, 3.05) is 41.4 Å². The van der Waals surface area contributed by atoms with Gasteiger partial charge in [0, 0.05) is 37.4 Å². The molecule has 0 aromatic heterocycles. The number of para-hydroxylation sites is 2. The summed E-state index contributed by atoms with van der Waals surface area (Å²) in [5.74, 6) is 0.114. The van der Waals surface area contributed by atoms with Crippen LogP contribution < -0.4 is 19.9 Å². The molecule has 0 spiro atoms. The highest BCUT2D eigenvalue weighted by Crippen LogP contribution is 2.33. The van der Waals surface area contributed by atoms with Crippen molar-refractivity contribution in [1.29, 1.82) is 0 Å². The quantitative estimate of drug-likeness (QED) is 0.813. The summed E-state index contributed by atoms with van der Waals surface area (Å²) in [6.45, 7) is 4.98. The summed E-state index contributed by atoms with van der Waals surface area (Å²) in [5.41, 5.74) is 2.68. The number of benzene rings is 2. The normalized spacial score (nSPS) is 18.9. The minimum absolute atomic E-state index is 0.0540. The third-order valence-electron chi connectivity index (χ3n) is 5.56. The first-order valence-electron chi connectivity index (χ1n) is 10.3. The third kappa shape index (κ3) is 4.21. The number of hydrogen-bond acceptors (Lipinski definition) is 4. The molecule has 0 radical (unpaired) electrons. The molecular formula is C23H27N3O3. The topological polar surface area (TPSA) is 61.9 Å². The van der Waals surface area contributed by atoms with Crippen LogP contribution in [0.5, 0.6) is 5.75 Å². The van der Waals surface area contributed by atoms with Crippen molar-refractivity contribution in [1.82, 2.24) is 0 Å². The second-order valence-electron chi connectivity index (χ2n) is 7.54. The Balaban J connectivity index is 1.40. The van der Waals surface area contributed by atoms with E-state index in [0.717, 1.165) is 24.5 Å². The molecular weight excluding hydrogens is 366 g/mol. The fourth-order valence-electron chi connectivity index (χ4n) is 4.05. The maximum absolute atomic E-state index is 12.8. The summed E-state index contributed by atoms with van der Waals surface area (Å²) in [6, 6.07) is 15.4. The number of rotatable bonds is 6. The van der Waals surface area contributed by atoms with Gasteiger partial charge in [-0.2, -0.15) is 0 Å². The fourth-order valence-corrected chi connectivity index (χ4v) is 4.05. The molecule has 2 saturated heterocycles. The minimum Gasteiger partial charge on any atom is -0.492 e. The number of nitrogens with zero attached hydrogens (tertiary/aromatic N) is 2. The summed E-state index contributed by atoms with van der Waals surface area (Å²) >= 11 is 0. The Morgan fingerprint density at radius 3 is 2.55 bits per heavy atom. The van der Waals surface area contributed by atoms with Gasteiger partial charge < -0.3 is 19.9 Å². The van der Waals surface area contributed by atoms with E-state index in [1.165, 1.54) is 18.5 Å². The average molecular weight is 393 g/mol. The monoisotopic (exact) mass is 393 g/mol. The molecule has 2 aliphatic heterocycles. The van der Waals surface area contributed by atoms with E-state index in [1.807, 2.05) is 55.5 Å². The van der Waals surface area contributed by atoms with Crippen molar-refractivity contribution < 1.29 is 14.3 Å². The lowest BCUT2D eigenvalue weighted by atomic mass is 10.1. The second-order valence-corrected chi connectivity index (χ2v) is 7.54. The highest BCUT2D eigenvalue weighted by molar-refractivity contribution is 6.04. The van der Waals surface area contributed by atoms with Gasteiger partial charge in [-0.25, -0.2) is 0 Å². The molecule has 2 heterocycles. The van der Waals surface area contributed by atoms with Crippen molar-refractivity contribution in [3.8, 4) is 5.75 Å². The fraction of sp³-hybridized carbons (Fsp3) is 0.391. The second kappa shape index (κ2) is 8.55. The largest absolute Gasteiger partial charge is 0.492 e. The van der Waals surface area contributed by atoms with Gasteiger partial charge in [-0.05, 0) is 56.2 Å². The van der Waals surface area contributed by atoms with Crippen LogP contribution in [0.15, 0.2) is 48.5 Å². The molecule has 0 bridgehead atoms. The number of anilines is 3. The van der Waals surface area contributed by atoms with E-state index in [1.54, 1.807) is 4.90 Å². The van der Waals surface area contributed by atoms with Gasteiger partial charge in [0.15, 0.2) is 0 Å². The molecule has 152 valence electrons. The first kappa shape index (κ1) is 19.3. The Bertz CT molecular complexity index is 875. The van der Waals surface area contributed by atoms with E-state index in [9.17, 15) is 9.59 Å². The lowest BCUT2D eigenvalue weighted by Gasteiger charge is -2.20. The molecule has 6 heteroatoms. The highest BCUT2D eigenvalue weighted by atomic mass is 16.5. The average Bonchev–Trinajstić information content (AvgIpc) is 3.39. The van der Waals surface area contributed by atoms with Gasteiger partial charge in [-0.3, -0.25) is 9.59 Å². The molecule has 2 amide bonds. The zero-order chi connectivity index (χ0) is 20.2. The van der Waals surface area contributed by atoms with E-state index in [0.29, 0.717) is 18.9 Å². The smallest absolute Gasteiger partial charge is 0.229 e. The zero-order valence-corrected chi connectivity index (χ0v) is 16.8. The molecule has 29 heavy (non-hydrogen) atoms. The number of ether oxygens (including phenoxy) is 1. The van der Waals surface area contributed by atoms with Crippen molar-refractivity contribution in [2.24, 2.45) is 5.92 Å². The highest BCUT2D eigenvalue weighted by Gasteiger charge is 2.36. The number of hydrogen-bond donors (Lipinski definition) is 1. The van der Waals surface area contributed by atoms with E-state index in [2.05, 4.69) is 10.2 Å². The van der Waals surface area contributed by atoms with Crippen LogP contribution in [0.2, 0.25) is 0 Å². The Kier molecular flexibility index (Phi) is 5.69. The van der Waals surface area contributed by atoms with Crippen molar-refractivity contribution in [3.05, 3.63) is 48.5 Å². The van der Waals surface area contributed by atoms with Gasteiger partial charge in [0.25, 0.3) is 0 Å². The maximum atomic E-state index is 12.8. The molecule has 2 aromatic rings. The molecule has 0 saturated carbocycles.